The predicted octanol–water partition coefficient (Wildman–Crippen LogP) is 3.49. The summed E-state index contributed by atoms with van der Waals surface area (Å²) in [4.78, 5) is 20.4. The van der Waals surface area contributed by atoms with Gasteiger partial charge in [0.25, 0.3) is 15.9 Å². The molecule has 0 spiro atoms. The number of sulfonamides is 1. The van der Waals surface area contributed by atoms with Gasteiger partial charge in [-0.1, -0.05) is 42.5 Å². The number of nitrogens with zero attached hydrogens (tertiary/aromatic N) is 2. The Morgan fingerprint density at radius 2 is 1.69 bits per heavy atom. The summed E-state index contributed by atoms with van der Waals surface area (Å²) in [6.45, 7) is 0. The number of thiocarbonyl (C=S) groups is 1. The molecule has 0 bridgehead atoms. The first-order valence-electron chi connectivity index (χ1n) is 10.4. The van der Waals surface area contributed by atoms with Gasteiger partial charge in [0.1, 0.15) is 0 Å². The fourth-order valence-electron chi connectivity index (χ4n) is 3.40. The molecule has 1 heterocycles. The number of nitrogens with one attached hydrogen (secondary N) is 3. The van der Waals surface area contributed by atoms with E-state index in [0.29, 0.717) is 5.69 Å². The second-order valence-electron chi connectivity index (χ2n) is 7.36. The summed E-state index contributed by atoms with van der Waals surface area (Å²) in [6.07, 6.45) is 2.90. The zero-order chi connectivity index (χ0) is 24.8. The van der Waals surface area contributed by atoms with E-state index >= 15 is 0 Å². The van der Waals surface area contributed by atoms with Crippen molar-refractivity contribution in [3.05, 3.63) is 84.7 Å². The minimum absolute atomic E-state index is 0.00154. The molecule has 3 aromatic carbocycles. The molecular weight excluding hydrogens is 486 g/mol. The number of ether oxygens (including phenoxy) is 1. The SMILES string of the molecule is COc1nccnc1NS(=O)(=O)c1ccc(NC(=S)NC(=O)Cc2cccc3ccccc23)cc1. The van der Waals surface area contributed by atoms with Crippen LogP contribution in [-0.2, 0) is 21.2 Å². The number of benzene rings is 3. The molecule has 4 rings (SSSR count). The molecule has 1 amide bonds. The standard InChI is InChI=1S/C24H21N5O4S2/c1-33-23-22(25-13-14-26-23)29-35(31,32)19-11-9-18(10-12-19)27-24(34)28-21(30)15-17-7-4-6-16-5-2-3-8-20(16)17/h2-14H,15H2,1H3,(H,25,29)(H2,27,28,30,34). The highest BCUT2D eigenvalue weighted by molar-refractivity contribution is 7.92. The van der Waals surface area contributed by atoms with Gasteiger partial charge in [0, 0.05) is 18.1 Å². The number of carbonyl (C=O) groups excluding carboxylic acids is 1. The molecule has 0 unspecified atom stereocenters. The van der Waals surface area contributed by atoms with Gasteiger partial charge in [-0.2, -0.15) is 0 Å². The van der Waals surface area contributed by atoms with Crippen LogP contribution in [0.4, 0.5) is 11.5 Å². The highest BCUT2D eigenvalue weighted by Gasteiger charge is 2.18. The van der Waals surface area contributed by atoms with E-state index in [1.54, 1.807) is 0 Å². The number of methoxy groups -OCH3 is 1. The van der Waals surface area contributed by atoms with E-state index in [4.69, 9.17) is 17.0 Å². The van der Waals surface area contributed by atoms with Crippen molar-refractivity contribution < 1.29 is 17.9 Å². The number of hydrogen-bond donors (Lipinski definition) is 3. The average Bonchev–Trinajstić information content (AvgIpc) is 2.84. The van der Waals surface area contributed by atoms with E-state index in [0.717, 1.165) is 16.3 Å². The molecular formula is C24H21N5O4S2. The van der Waals surface area contributed by atoms with Gasteiger partial charge in [-0.3, -0.25) is 9.52 Å². The summed E-state index contributed by atoms with van der Waals surface area (Å²) in [5.74, 6) is -0.230. The van der Waals surface area contributed by atoms with Crippen molar-refractivity contribution in [2.75, 3.05) is 17.1 Å². The minimum Gasteiger partial charge on any atom is -0.478 e. The number of fused-ring (bicyclic) bond motifs is 1. The maximum Gasteiger partial charge on any atom is 0.263 e. The Morgan fingerprint density at radius 1 is 0.971 bits per heavy atom. The highest BCUT2D eigenvalue weighted by atomic mass is 32.2. The first-order valence-corrected chi connectivity index (χ1v) is 12.3. The summed E-state index contributed by atoms with van der Waals surface area (Å²) in [5.41, 5.74) is 1.40. The summed E-state index contributed by atoms with van der Waals surface area (Å²) < 4.78 is 32.7. The van der Waals surface area contributed by atoms with E-state index in [-0.39, 0.29) is 34.0 Å². The van der Waals surface area contributed by atoms with Crippen LogP contribution in [0.1, 0.15) is 5.56 Å². The number of carbonyl (C=O) groups is 1. The van der Waals surface area contributed by atoms with Crippen LogP contribution in [0.5, 0.6) is 5.88 Å². The Bertz CT molecular complexity index is 1490. The molecule has 35 heavy (non-hydrogen) atoms. The van der Waals surface area contributed by atoms with Crippen LogP contribution in [0.3, 0.4) is 0 Å². The molecule has 0 saturated heterocycles. The summed E-state index contributed by atoms with van der Waals surface area (Å²) in [7, 11) is -2.56. The monoisotopic (exact) mass is 507 g/mol. The summed E-state index contributed by atoms with van der Waals surface area (Å²) in [6, 6.07) is 19.5. The predicted molar refractivity (Wildman–Crippen MR) is 138 cm³/mol. The largest absolute Gasteiger partial charge is 0.478 e. The topological polar surface area (TPSA) is 122 Å². The van der Waals surface area contributed by atoms with Gasteiger partial charge in [0.05, 0.1) is 18.4 Å². The van der Waals surface area contributed by atoms with Gasteiger partial charge < -0.3 is 15.4 Å². The van der Waals surface area contributed by atoms with Gasteiger partial charge in [0.15, 0.2) is 5.11 Å². The molecule has 0 aliphatic rings. The van der Waals surface area contributed by atoms with Crippen LogP contribution >= 0.6 is 12.2 Å². The van der Waals surface area contributed by atoms with Crippen molar-refractivity contribution in [2.24, 2.45) is 0 Å². The Balaban J connectivity index is 1.37. The zero-order valence-electron chi connectivity index (χ0n) is 18.6. The van der Waals surface area contributed by atoms with Crippen LogP contribution in [0.15, 0.2) is 84.0 Å². The number of rotatable bonds is 7. The maximum atomic E-state index is 12.7. The van der Waals surface area contributed by atoms with Crippen LogP contribution in [0.25, 0.3) is 10.8 Å². The van der Waals surface area contributed by atoms with Crippen molar-refractivity contribution >= 4 is 55.5 Å². The Kier molecular flexibility index (Phi) is 7.18. The third kappa shape index (κ3) is 5.89. The maximum absolute atomic E-state index is 12.7. The van der Waals surface area contributed by atoms with Gasteiger partial charge in [0.2, 0.25) is 11.7 Å². The molecule has 0 aliphatic carbocycles. The smallest absolute Gasteiger partial charge is 0.263 e. The van der Waals surface area contributed by atoms with Gasteiger partial charge in [-0.15, -0.1) is 0 Å². The minimum atomic E-state index is -3.93. The fraction of sp³-hybridized carbons (Fsp3) is 0.0833. The second-order valence-corrected chi connectivity index (χ2v) is 9.45. The lowest BCUT2D eigenvalue weighted by Crippen LogP contribution is -2.35. The van der Waals surface area contributed by atoms with Gasteiger partial charge >= 0.3 is 0 Å². The highest BCUT2D eigenvalue weighted by Crippen LogP contribution is 2.22. The first kappa shape index (κ1) is 24.0. The summed E-state index contributed by atoms with van der Waals surface area (Å²) in [5, 5.41) is 7.71. The van der Waals surface area contributed by atoms with Crippen molar-refractivity contribution in [3.63, 3.8) is 0 Å². The molecule has 4 aromatic rings. The van der Waals surface area contributed by atoms with Crippen LogP contribution in [-0.4, -0.2) is 36.5 Å². The van der Waals surface area contributed by atoms with E-state index < -0.39 is 10.0 Å². The van der Waals surface area contributed by atoms with Crippen molar-refractivity contribution in [1.29, 1.82) is 0 Å². The molecule has 1 aromatic heterocycles. The van der Waals surface area contributed by atoms with E-state index in [1.807, 2.05) is 42.5 Å². The zero-order valence-corrected chi connectivity index (χ0v) is 20.2. The van der Waals surface area contributed by atoms with Crippen LogP contribution in [0, 0.1) is 0 Å². The Labute approximate surface area is 207 Å². The van der Waals surface area contributed by atoms with Crippen molar-refractivity contribution in [1.82, 2.24) is 15.3 Å². The molecule has 0 saturated carbocycles. The lowest BCUT2D eigenvalue weighted by Gasteiger charge is -2.12. The molecule has 0 radical (unpaired) electrons. The number of amides is 1. The first-order chi connectivity index (χ1) is 16.9. The lowest BCUT2D eigenvalue weighted by atomic mass is 10.0. The molecule has 0 fully saturated rings. The molecule has 0 atom stereocenters. The number of anilines is 2. The van der Waals surface area contributed by atoms with Crippen molar-refractivity contribution in [3.8, 4) is 5.88 Å². The summed E-state index contributed by atoms with van der Waals surface area (Å²) >= 11 is 5.24. The Hall–Kier alpha value is -4.09. The van der Waals surface area contributed by atoms with Gasteiger partial charge in [-0.25, -0.2) is 18.4 Å². The normalized spacial score (nSPS) is 11.0. The average molecular weight is 508 g/mol. The molecule has 0 aliphatic heterocycles. The molecule has 178 valence electrons. The van der Waals surface area contributed by atoms with E-state index in [9.17, 15) is 13.2 Å². The van der Waals surface area contributed by atoms with E-state index in [2.05, 4.69) is 25.3 Å². The molecule has 3 N–H and O–H groups in total. The molecule has 9 nitrogen and oxygen atoms in total. The number of hydrogen-bond acceptors (Lipinski definition) is 7. The Morgan fingerprint density at radius 3 is 2.46 bits per heavy atom. The third-order valence-electron chi connectivity index (χ3n) is 5.00. The lowest BCUT2D eigenvalue weighted by molar-refractivity contribution is -0.119. The number of aromatic nitrogens is 2. The van der Waals surface area contributed by atoms with Crippen LogP contribution in [0.2, 0.25) is 0 Å². The quantitative estimate of drug-likeness (QED) is 0.325. The third-order valence-corrected chi connectivity index (χ3v) is 6.55. The second kappa shape index (κ2) is 10.5. The van der Waals surface area contributed by atoms with Gasteiger partial charge in [-0.05, 0) is 52.8 Å². The fourth-order valence-corrected chi connectivity index (χ4v) is 4.64. The van der Waals surface area contributed by atoms with Crippen molar-refractivity contribution in [2.45, 2.75) is 11.3 Å². The van der Waals surface area contributed by atoms with Crippen LogP contribution < -0.4 is 20.1 Å². The molecule has 11 heteroatoms. The van der Waals surface area contributed by atoms with E-state index in [1.165, 1.54) is 43.8 Å².